The summed E-state index contributed by atoms with van der Waals surface area (Å²) in [6.07, 6.45) is 9.87. The molecular formula is C11H16O. The van der Waals surface area contributed by atoms with E-state index in [0.29, 0.717) is 6.42 Å². The van der Waals surface area contributed by atoms with Gasteiger partial charge < -0.3 is 5.11 Å². The largest absolute Gasteiger partial charge is 0.388 e. The van der Waals surface area contributed by atoms with Gasteiger partial charge in [-0.1, -0.05) is 5.57 Å². The normalized spacial score (nSPS) is 20.4. The van der Waals surface area contributed by atoms with Crippen molar-refractivity contribution in [3.63, 3.8) is 0 Å². The number of hydrogen-bond donors (Lipinski definition) is 1. The average Bonchev–Trinajstić information content (AvgIpc) is 2.05. The summed E-state index contributed by atoms with van der Waals surface area (Å²) in [6, 6.07) is 0. The molecule has 1 heteroatoms. The van der Waals surface area contributed by atoms with Gasteiger partial charge in [-0.25, -0.2) is 0 Å². The standard InChI is InChI=1S/C11H16O/c1-3-6-11(12)10-8-5-4-7-9(10)2/h1,11-12H,4-8H2,2H3. The van der Waals surface area contributed by atoms with Crippen LogP contribution >= 0.6 is 0 Å². The zero-order valence-corrected chi connectivity index (χ0v) is 7.64. The zero-order valence-electron chi connectivity index (χ0n) is 7.64. The summed E-state index contributed by atoms with van der Waals surface area (Å²) in [5.74, 6) is 2.50. The van der Waals surface area contributed by atoms with Gasteiger partial charge in [-0.05, 0) is 38.2 Å². The molecule has 0 aromatic carbocycles. The average molecular weight is 164 g/mol. The quantitative estimate of drug-likeness (QED) is 0.490. The maximum Gasteiger partial charge on any atom is 0.0861 e. The Morgan fingerprint density at radius 3 is 2.75 bits per heavy atom. The molecule has 12 heavy (non-hydrogen) atoms. The van der Waals surface area contributed by atoms with Gasteiger partial charge >= 0.3 is 0 Å². The molecule has 0 bridgehead atoms. The molecule has 0 aliphatic heterocycles. The molecule has 0 spiro atoms. The summed E-state index contributed by atoms with van der Waals surface area (Å²) in [5.41, 5.74) is 2.54. The van der Waals surface area contributed by atoms with Crippen molar-refractivity contribution in [3.8, 4) is 12.3 Å². The lowest BCUT2D eigenvalue weighted by Crippen LogP contribution is -2.13. The molecule has 1 nitrogen and oxygen atoms in total. The van der Waals surface area contributed by atoms with Crippen molar-refractivity contribution < 1.29 is 5.11 Å². The van der Waals surface area contributed by atoms with Crippen LogP contribution in [0.15, 0.2) is 11.1 Å². The second kappa shape index (κ2) is 4.33. The van der Waals surface area contributed by atoms with E-state index in [4.69, 9.17) is 6.42 Å². The fourth-order valence-electron chi connectivity index (χ4n) is 1.77. The van der Waals surface area contributed by atoms with Gasteiger partial charge in [0.1, 0.15) is 0 Å². The van der Waals surface area contributed by atoms with Gasteiger partial charge in [-0.15, -0.1) is 12.3 Å². The molecule has 1 atom stereocenters. The molecule has 0 aromatic rings. The molecule has 0 heterocycles. The first-order chi connectivity index (χ1) is 5.75. The van der Waals surface area contributed by atoms with Crippen LogP contribution in [0.5, 0.6) is 0 Å². The Kier molecular flexibility index (Phi) is 3.37. The van der Waals surface area contributed by atoms with Gasteiger partial charge in [0, 0.05) is 6.42 Å². The predicted molar refractivity (Wildman–Crippen MR) is 50.6 cm³/mol. The summed E-state index contributed by atoms with van der Waals surface area (Å²) in [7, 11) is 0. The van der Waals surface area contributed by atoms with E-state index in [9.17, 15) is 5.11 Å². The minimum absolute atomic E-state index is 0.379. The van der Waals surface area contributed by atoms with Crippen LogP contribution < -0.4 is 0 Å². The molecule has 0 saturated carbocycles. The third-order valence-corrected chi connectivity index (χ3v) is 2.51. The number of rotatable bonds is 2. The van der Waals surface area contributed by atoms with Crippen LogP contribution in [-0.4, -0.2) is 11.2 Å². The highest BCUT2D eigenvalue weighted by Gasteiger charge is 2.15. The molecule has 1 aliphatic rings. The van der Waals surface area contributed by atoms with E-state index < -0.39 is 0 Å². The lowest BCUT2D eigenvalue weighted by molar-refractivity contribution is 0.208. The lowest BCUT2D eigenvalue weighted by atomic mass is 9.88. The van der Waals surface area contributed by atoms with E-state index in [1.54, 1.807) is 0 Å². The second-order valence-electron chi connectivity index (χ2n) is 3.44. The first-order valence-corrected chi connectivity index (χ1v) is 4.55. The summed E-state index contributed by atoms with van der Waals surface area (Å²) in [4.78, 5) is 0. The lowest BCUT2D eigenvalue weighted by Gasteiger charge is -2.21. The highest BCUT2D eigenvalue weighted by atomic mass is 16.3. The Labute approximate surface area is 74.5 Å². The van der Waals surface area contributed by atoms with Gasteiger partial charge in [0.2, 0.25) is 0 Å². The Hall–Kier alpha value is -0.740. The van der Waals surface area contributed by atoms with Crippen LogP contribution in [-0.2, 0) is 0 Å². The minimum atomic E-state index is -0.379. The first-order valence-electron chi connectivity index (χ1n) is 4.55. The van der Waals surface area contributed by atoms with Crippen molar-refractivity contribution in [2.45, 2.75) is 45.1 Å². The van der Waals surface area contributed by atoms with Crippen LogP contribution in [0.4, 0.5) is 0 Å². The Bertz CT molecular complexity index is 220. The molecule has 0 fully saturated rings. The van der Waals surface area contributed by atoms with Crippen molar-refractivity contribution in [2.24, 2.45) is 0 Å². The Morgan fingerprint density at radius 1 is 1.50 bits per heavy atom. The van der Waals surface area contributed by atoms with Crippen LogP contribution in [0, 0.1) is 12.3 Å². The van der Waals surface area contributed by atoms with Gasteiger partial charge in [0.25, 0.3) is 0 Å². The highest BCUT2D eigenvalue weighted by molar-refractivity contribution is 5.20. The fraction of sp³-hybridized carbons (Fsp3) is 0.636. The molecule has 1 aliphatic carbocycles. The third kappa shape index (κ3) is 2.12. The van der Waals surface area contributed by atoms with Gasteiger partial charge in [0.15, 0.2) is 0 Å². The minimum Gasteiger partial charge on any atom is -0.388 e. The number of allylic oxidation sites excluding steroid dienone is 1. The second-order valence-corrected chi connectivity index (χ2v) is 3.44. The molecule has 1 rings (SSSR count). The maximum atomic E-state index is 9.64. The first kappa shape index (κ1) is 9.35. The Balaban J connectivity index is 2.65. The smallest absolute Gasteiger partial charge is 0.0861 e. The molecule has 0 amide bonds. The van der Waals surface area contributed by atoms with Gasteiger partial charge in [-0.2, -0.15) is 0 Å². The summed E-state index contributed by atoms with van der Waals surface area (Å²) < 4.78 is 0. The van der Waals surface area contributed by atoms with Gasteiger partial charge in [-0.3, -0.25) is 0 Å². The van der Waals surface area contributed by atoms with Crippen molar-refractivity contribution in [1.29, 1.82) is 0 Å². The molecular weight excluding hydrogens is 148 g/mol. The van der Waals surface area contributed by atoms with Crippen LogP contribution in [0.25, 0.3) is 0 Å². The monoisotopic (exact) mass is 164 g/mol. The van der Waals surface area contributed by atoms with Crippen molar-refractivity contribution in [2.75, 3.05) is 0 Å². The third-order valence-electron chi connectivity index (χ3n) is 2.51. The van der Waals surface area contributed by atoms with E-state index in [1.165, 1.54) is 24.0 Å². The fourth-order valence-corrected chi connectivity index (χ4v) is 1.77. The van der Waals surface area contributed by atoms with Crippen LogP contribution in [0.1, 0.15) is 39.0 Å². The molecule has 66 valence electrons. The van der Waals surface area contributed by atoms with E-state index in [1.807, 2.05) is 0 Å². The zero-order chi connectivity index (χ0) is 8.97. The number of hydrogen-bond acceptors (Lipinski definition) is 1. The van der Waals surface area contributed by atoms with Crippen molar-refractivity contribution >= 4 is 0 Å². The number of aliphatic hydroxyl groups excluding tert-OH is 1. The number of terminal acetylenes is 1. The van der Waals surface area contributed by atoms with Gasteiger partial charge in [0.05, 0.1) is 6.10 Å². The molecule has 0 saturated heterocycles. The van der Waals surface area contributed by atoms with Crippen molar-refractivity contribution in [1.82, 2.24) is 0 Å². The van der Waals surface area contributed by atoms with Crippen LogP contribution in [0.3, 0.4) is 0 Å². The molecule has 0 aromatic heterocycles. The maximum absolute atomic E-state index is 9.64. The highest BCUT2D eigenvalue weighted by Crippen LogP contribution is 2.27. The molecule has 1 unspecified atom stereocenters. The molecule has 1 N–H and O–H groups in total. The van der Waals surface area contributed by atoms with E-state index in [2.05, 4.69) is 12.8 Å². The SMILES string of the molecule is C#CCC(O)C1=C(C)CCCC1. The number of aliphatic hydroxyl groups is 1. The summed E-state index contributed by atoms with van der Waals surface area (Å²) >= 11 is 0. The van der Waals surface area contributed by atoms with E-state index >= 15 is 0 Å². The van der Waals surface area contributed by atoms with E-state index in [0.717, 1.165) is 12.8 Å². The molecule has 0 radical (unpaired) electrons. The van der Waals surface area contributed by atoms with Crippen molar-refractivity contribution in [3.05, 3.63) is 11.1 Å². The topological polar surface area (TPSA) is 20.2 Å². The van der Waals surface area contributed by atoms with E-state index in [-0.39, 0.29) is 6.10 Å². The predicted octanol–water partition coefficient (Wildman–Crippen LogP) is 2.26. The Morgan fingerprint density at radius 2 is 2.17 bits per heavy atom. The van der Waals surface area contributed by atoms with Crippen LogP contribution in [0.2, 0.25) is 0 Å². The summed E-state index contributed by atoms with van der Waals surface area (Å²) in [6.45, 7) is 2.11. The summed E-state index contributed by atoms with van der Waals surface area (Å²) in [5, 5.41) is 9.64.